The van der Waals surface area contributed by atoms with Gasteiger partial charge < -0.3 is 57.1 Å². The first-order valence-corrected chi connectivity index (χ1v) is 55.9. The number of ether oxygens (including phenoxy) is 6. The molecule has 18 rings (SSSR count). The second-order valence-corrected chi connectivity index (χ2v) is 47.2. The first-order valence-electron chi connectivity index (χ1n) is 48.5. The van der Waals surface area contributed by atoms with Crippen LogP contribution in [0.2, 0.25) is 0 Å². The van der Waals surface area contributed by atoms with E-state index in [0.717, 1.165) is 67.4 Å². The van der Waals surface area contributed by atoms with E-state index in [-0.39, 0.29) is 66.3 Å². The van der Waals surface area contributed by atoms with Crippen LogP contribution in [0.5, 0.6) is 17.2 Å². The Labute approximate surface area is 884 Å². The van der Waals surface area contributed by atoms with Crippen molar-refractivity contribution in [2.75, 3.05) is 122 Å². The largest absolute Gasteiger partial charge is 0.497 e. The summed E-state index contributed by atoms with van der Waals surface area (Å²) >= 11 is 19.0. The number of fused-ring (bicyclic) bond motifs is 3. The fraction of sp³-hybridized carbons (Fsp3) is 0.330. The van der Waals surface area contributed by atoms with Crippen LogP contribution in [0.25, 0.3) is 22.3 Å². The van der Waals surface area contributed by atoms with Crippen LogP contribution in [0.1, 0.15) is 114 Å². The Bertz CT molecular complexity index is 7160. The average Bonchev–Trinajstić information content (AvgIpc) is 1.04. The molecule has 150 heavy (non-hydrogen) atoms. The van der Waals surface area contributed by atoms with Gasteiger partial charge in [-0.05, 0) is 162 Å². The van der Waals surface area contributed by atoms with Crippen molar-refractivity contribution in [1.29, 1.82) is 0 Å². The summed E-state index contributed by atoms with van der Waals surface area (Å²) in [7, 11) is 22.0. The maximum Gasteiger partial charge on any atom is 0.362 e. The number of amides is 1. The number of methoxy groups -OCH3 is 3. The minimum atomic E-state index is -3.67. The molecule has 44 heteroatoms. The molecular formula is C106H123Cl3N23O15P3. The number of aliphatic imine (C=N–C) groups is 3. The molecule has 5 aromatic heterocycles. The van der Waals surface area contributed by atoms with Crippen molar-refractivity contribution in [2.45, 2.75) is 111 Å². The van der Waals surface area contributed by atoms with E-state index < -0.39 is 104 Å². The predicted molar refractivity (Wildman–Crippen MR) is 584 cm³/mol. The predicted octanol–water partition coefficient (Wildman–Crippen LogP) is 17.5. The Kier molecular flexibility index (Phi) is 35.4. The van der Waals surface area contributed by atoms with Gasteiger partial charge >= 0.3 is 20.6 Å². The molecule has 13 atom stereocenters. The standard InChI is InChI=1S/C36H41ClN7O6P.C35H40ClN8O5P.C35H42ClN8O4P/c1-23(2)33(45)40-35-39-32-31(34(46)41-35)38-22-44(32)30-20-28(29(50-30)21-49-51(37,47)43(3)4)42-36(24-12-8-6-9-13-24,25-14-10-7-11-15-25)26-16-18-27(48-5)19-17-26;1-42(2)22-38-34-39-32-31(33(45)40-34)37-23-44(32)30-20-28(29(49-30)21-48-50(36,46)43(3)4)41-35(24-12-8-6-9-13-24,25-14-10-7-11-15-25)26-16-18-27(47-5)19-17-26;1-42(2)23-40-33-32-34(38-22-37-33)44(24-39-32)31-20-29(30(48-31)21-47-49(36,45)43(3)4)41-35(25-12-8-6-9-13-25,26-14-10-7-11-15-26)27-16-18-28(46-5)19-17-27/h6-19,22-23,28-30,42H,20-21H2,1-5H3,(H2,39,40,41,45,46);6-19,22-23,28-30,41H,20-21H2,1-5H3,(H,39,40,45);6-19,22-24,29-31,33,41H,20-21H2,1-5H3,(H,37,38). The number of carbonyl (C=O) groups is 1. The fourth-order valence-corrected chi connectivity index (χ4v) is 20.7. The third kappa shape index (κ3) is 24.5. The number of H-pyrrole nitrogens is 2. The van der Waals surface area contributed by atoms with Gasteiger partial charge in [0.15, 0.2) is 28.5 Å². The Balaban J connectivity index is 0.000000160. The summed E-state index contributed by atoms with van der Waals surface area (Å²) in [4.78, 5) is 83.2. The molecule has 1 amide bonds. The van der Waals surface area contributed by atoms with Crippen LogP contribution in [-0.2, 0) is 62.9 Å². The van der Waals surface area contributed by atoms with E-state index in [1.54, 1.807) is 117 Å². The summed E-state index contributed by atoms with van der Waals surface area (Å²) in [5, 5.41) is 17.9. The molecule has 4 aliphatic rings. The van der Waals surface area contributed by atoms with Crippen LogP contribution in [0.4, 0.5) is 17.7 Å². The van der Waals surface area contributed by atoms with Gasteiger partial charge in [-0.1, -0.05) is 232 Å². The molecule has 0 spiro atoms. The van der Waals surface area contributed by atoms with Crippen LogP contribution < -0.4 is 51.9 Å². The first-order chi connectivity index (χ1) is 72.1. The number of imidazole rings is 3. The lowest BCUT2D eigenvalue weighted by Gasteiger charge is -2.40. The van der Waals surface area contributed by atoms with Gasteiger partial charge in [0.1, 0.15) is 47.4 Å². The summed E-state index contributed by atoms with van der Waals surface area (Å²) in [6.45, 7) is -7.63. The second kappa shape index (κ2) is 48.3. The Morgan fingerprint density at radius 3 is 1.08 bits per heavy atom. The third-order valence-corrected chi connectivity index (χ3v) is 34.1. The summed E-state index contributed by atoms with van der Waals surface area (Å²) < 4.78 is 103. The van der Waals surface area contributed by atoms with Gasteiger partial charge in [0.05, 0.1) is 114 Å². The van der Waals surface area contributed by atoms with Crippen LogP contribution in [0.3, 0.4) is 0 Å². The van der Waals surface area contributed by atoms with Crippen molar-refractivity contribution < 1.29 is 60.5 Å². The molecule has 0 bridgehead atoms. The Morgan fingerprint density at radius 1 is 0.447 bits per heavy atom. The molecule has 13 unspecified atom stereocenters. The Morgan fingerprint density at radius 2 is 0.760 bits per heavy atom. The molecule has 3 saturated heterocycles. The van der Waals surface area contributed by atoms with Crippen LogP contribution >= 0.6 is 54.3 Å². The summed E-state index contributed by atoms with van der Waals surface area (Å²) in [6, 6.07) is 83.8. The normalized spacial score (nSPS) is 20.0. The minimum absolute atomic E-state index is 0.00115. The summed E-state index contributed by atoms with van der Waals surface area (Å²) in [5.41, 5.74) is 6.78. The van der Waals surface area contributed by atoms with Crippen molar-refractivity contribution in [3.05, 3.63) is 350 Å². The van der Waals surface area contributed by atoms with Gasteiger partial charge in [-0.2, -0.15) is 9.97 Å². The van der Waals surface area contributed by atoms with Gasteiger partial charge in [-0.3, -0.25) is 73.0 Å². The molecule has 0 radical (unpaired) electrons. The molecule has 0 aliphatic carbocycles. The van der Waals surface area contributed by atoms with Crippen molar-refractivity contribution in [2.24, 2.45) is 20.9 Å². The van der Waals surface area contributed by atoms with Crippen molar-refractivity contribution >= 4 is 119 Å². The lowest BCUT2D eigenvalue weighted by molar-refractivity contribution is -0.119. The lowest BCUT2D eigenvalue weighted by atomic mass is 9.76. The monoisotopic (exact) mass is 2160 g/mol. The topological polar surface area (TPSA) is 410 Å². The molecule has 0 saturated carbocycles. The van der Waals surface area contributed by atoms with E-state index in [9.17, 15) is 28.1 Å². The molecular weight excluding hydrogens is 2030 g/mol. The molecule has 7 N–H and O–H groups in total. The SMILES string of the molecule is COc1ccc(C(NC2CC(n3cnc4c(=O)[nH]c(N=CN(C)C)nc43)OC2COP(=O)(Cl)N(C)C)(c2ccccc2)c2ccccc2)cc1.COc1ccc(C(NC2CC(n3cnc4c(=O)[nH]c(NC(=O)C(C)C)nc43)OC2COP(=O)(Cl)N(C)C)(c2ccccc2)c2ccccc2)cc1.COc1ccc(C(NC2CC(n3cnc4c3NC=NC4N=CN(C)C)OC2COP(=O)(Cl)N(C)C)(c2ccccc2)c2ccccc2)cc1. The zero-order chi connectivity index (χ0) is 106. The number of aromatic nitrogens is 10. The minimum Gasteiger partial charge on any atom is -0.497 e. The number of hydrogen-bond donors (Lipinski definition) is 7. The van der Waals surface area contributed by atoms with Gasteiger partial charge in [-0.25, -0.2) is 43.9 Å². The number of hydrogen-bond acceptors (Lipinski definition) is 27. The van der Waals surface area contributed by atoms with Gasteiger partial charge in [0, 0.05) is 71.5 Å². The average molecular weight is 2160 g/mol. The van der Waals surface area contributed by atoms with E-state index in [1.807, 2.05) is 208 Å². The van der Waals surface area contributed by atoms with E-state index in [1.165, 1.54) is 26.7 Å². The van der Waals surface area contributed by atoms with E-state index in [4.69, 9.17) is 80.7 Å². The van der Waals surface area contributed by atoms with Gasteiger partial charge in [0.25, 0.3) is 11.1 Å². The highest BCUT2D eigenvalue weighted by Gasteiger charge is 2.51. The summed E-state index contributed by atoms with van der Waals surface area (Å²) in [5.74, 6) is 2.43. The second-order valence-electron chi connectivity index (χ2n) is 37.5. The first kappa shape index (κ1) is 110. The number of nitrogens with one attached hydrogen (secondary N) is 7. The Hall–Kier alpha value is -12.8. The number of carbonyl (C=O) groups excluding carboxylic acids is 1. The van der Waals surface area contributed by atoms with Gasteiger partial charge in [-0.15, -0.1) is 0 Å². The fourth-order valence-electron chi connectivity index (χ4n) is 18.5. The highest BCUT2D eigenvalue weighted by molar-refractivity contribution is 7.84. The summed E-state index contributed by atoms with van der Waals surface area (Å²) in [6.07, 6.45) is 6.76. The zero-order valence-corrected chi connectivity index (χ0v) is 90.5. The van der Waals surface area contributed by atoms with Gasteiger partial charge in [0.2, 0.25) is 17.8 Å². The smallest absolute Gasteiger partial charge is 0.362 e. The number of rotatable bonds is 39. The number of nitrogens with zero attached hydrogens (tertiary/aromatic N) is 16. The lowest BCUT2D eigenvalue weighted by Crippen LogP contribution is -2.53. The molecule has 14 aromatic rings. The number of halogens is 3. The van der Waals surface area contributed by atoms with Crippen LogP contribution in [0.15, 0.2) is 298 Å². The maximum atomic E-state index is 13.2. The van der Waals surface area contributed by atoms with Crippen molar-refractivity contribution in [3.8, 4) is 17.2 Å². The van der Waals surface area contributed by atoms with Crippen molar-refractivity contribution in [1.82, 2.24) is 88.4 Å². The van der Waals surface area contributed by atoms with E-state index >= 15 is 0 Å². The highest BCUT2D eigenvalue weighted by Crippen LogP contribution is 2.58. The highest BCUT2D eigenvalue weighted by atomic mass is 35.7. The molecule has 38 nitrogen and oxygen atoms in total. The van der Waals surface area contributed by atoms with Crippen molar-refractivity contribution in [3.63, 3.8) is 0 Å². The van der Waals surface area contributed by atoms with E-state index in [0.29, 0.717) is 36.4 Å². The molecule has 9 aromatic carbocycles. The molecule has 9 heterocycles. The maximum absolute atomic E-state index is 13.2. The third-order valence-electron chi connectivity index (χ3n) is 26.2. The number of aromatic amines is 2. The molecule has 788 valence electrons. The zero-order valence-electron chi connectivity index (χ0n) is 85.6. The van der Waals surface area contributed by atoms with E-state index in [2.05, 4.69) is 156 Å². The van der Waals surface area contributed by atoms with Crippen LogP contribution in [0, 0.1) is 5.92 Å². The van der Waals surface area contributed by atoms with Crippen LogP contribution in [-0.4, -0.2) is 245 Å². The molecule has 4 aliphatic heterocycles. The number of benzene rings is 9. The number of anilines is 2. The quantitative estimate of drug-likeness (QED) is 0.00814. The molecule has 3 fully saturated rings.